The Morgan fingerprint density at radius 3 is 2.26 bits per heavy atom. The fraction of sp³-hybridized carbons (Fsp3) is 0.812. The molecule has 2 rings (SSSR count). The maximum absolute atomic E-state index is 12.3. The van der Waals surface area contributed by atoms with Crippen LogP contribution >= 0.6 is 0 Å². The van der Waals surface area contributed by atoms with Crippen LogP contribution in [0.3, 0.4) is 0 Å². The Morgan fingerprint density at radius 1 is 1.16 bits per heavy atom. The first-order chi connectivity index (χ1) is 8.46. The van der Waals surface area contributed by atoms with Crippen molar-refractivity contribution in [3.63, 3.8) is 0 Å². The Labute approximate surface area is 115 Å². The van der Waals surface area contributed by atoms with Gasteiger partial charge in [-0.3, -0.25) is 4.79 Å². The summed E-state index contributed by atoms with van der Waals surface area (Å²) < 4.78 is 0. The fourth-order valence-electron chi connectivity index (χ4n) is 3.64. The highest BCUT2D eigenvalue weighted by Gasteiger charge is 2.63. The van der Waals surface area contributed by atoms with E-state index < -0.39 is 16.6 Å². The lowest BCUT2D eigenvalue weighted by Crippen LogP contribution is -2.65. The Bertz CT molecular complexity index is 434. The van der Waals surface area contributed by atoms with Crippen molar-refractivity contribution in [3.05, 3.63) is 12.2 Å². The van der Waals surface area contributed by atoms with Crippen LogP contribution < -0.4 is 0 Å². The number of carbonyl (C=O) groups is 1. The fourth-order valence-corrected chi connectivity index (χ4v) is 3.64. The van der Waals surface area contributed by atoms with Crippen LogP contribution in [0.4, 0.5) is 0 Å². The van der Waals surface area contributed by atoms with Gasteiger partial charge in [0.1, 0.15) is 11.4 Å². The number of ketones is 1. The van der Waals surface area contributed by atoms with E-state index >= 15 is 0 Å². The van der Waals surface area contributed by atoms with Crippen LogP contribution in [0, 0.1) is 10.8 Å². The van der Waals surface area contributed by atoms with Gasteiger partial charge in [-0.1, -0.05) is 27.4 Å². The predicted molar refractivity (Wildman–Crippen MR) is 74.7 cm³/mol. The average Bonchev–Trinajstić information content (AvgIpc) is 2.27. The average molecular weight is 266 g/mol. The van der Waals surface area contributed by atoms with Crippen molar-refractivity contribution in [3.8, 4) is 0 Å². The molecule has 2 aliphatic carbocycles. The molecule has 0 aromatic rings. The summed E-state index contributed by atoms with van der Waals surface area (Å²) in [6.07, 6.45) is 2.28. The van der Waals surface area contributed by atoms with E-state index in [1.54, 1.807) is 0 Å². The van der Waals surface area contributed by atoms with Gasteiger partial charge in [0.2, 0.25) is 0 Å². The third kappa shape index (κ3) is 1.82. The lowest BCUT2D eigenvalue weighted by molar-refractivity contribution is -0.196. The van der Waals surface area contributed by atoms with Gasteiger partial charge >= 0.3 is 0 Å². The first kappa shape index (κ1) is 14.7. The number of rotatable bonds is 0. The molecule has 3 nitrogen and oxygen atoms in total. The van der Waals surface area contributed by atoms with Crippen LogP contribution in [-0.2, 0) is 4.79 Å². The van der Waals surface area contributed by atoms with Crippen molar-refractivity contribution >= 4 is 5.78 Å². The summed E-state index contributed by atoms with van der Waals surface area (Å²) in [6.45, 7) is 11.8. The zero-order valence-electron chi connectivity index (χ0n) is 12.5. The summed E-state index contributed by atoms with van der Waals surface area (Å²) >= 11 is 0. The van der Waals surface area contributed by atoms with E-state index in [4.69, 9.17) is 0 Å². The third-order valence-corrected chi connectivity index (χ3v) is 5.75. The molecule has 0 radical (unpaired) electrons. The summed E-state index contributed by atoms with van der Waals surface area (Å²) in [5.74, 6) is 0.110. The molecule has 0 amide bonds. The SMILES string of the molecule is C=C1CCC(=O)[C@@]2(C)CC[C@@](O)(C(C)(C)C)C[C@]12O. The first-order valence-corrected chi connectivity index (χ1v) is 7.13. The van der Waals surface area contributed by atoms with Crippen molar-refractivity contribution in [2.24, 2.45) is 10.8 Å². The van der Waals surface area contributed by atoms with E-state index in [0.717, 1.165) is 0 Å². The van der Waals surface area contributed by atoms with E-state index in [9.17, 15) is 15.0 Å². The van der Waals surface area contributed by atoms with Gasteiger partial charge in [0, 0.05) is 12.8 Å². The van der Waals surface area contributed by atoms with E-state index in [2.05, 4.69) is 6.58 Å². The molecule has 0 aromatic carbocycles. The van der Waals surface area contributed by atoms with Gasteiger partial charge in [-0.25, -0.2) is 0 Å². The molecular formula is C16H26O3. The number of hydrogen-bond acceptors (Lipinski definition) is 3. The van der Waals surface area contributed by atoms with Gasteiger partial charge < -0.3 is 10.2 Å². The molecule has 0 unspecified atom stereocenters. The van der Waals surface area contributed by atoms with Gasteiger partial charge in [0.05, 0.1) is 11.0 Å². The second kappa shape index (κ2) is 3.92. The second-order valence-corrected chi connectivity index (χ2v) is 7.68. The second-order valence-electron chi connectivity index (χ2n) is 7.68. The maximum atomic E-state index is 12.3. The lowest BCUT2D eigenvalue weighted by atomic mass is 9.49. The molecule has 0 aliphatic heterocycles. The summed E-state index contributed by atoms with van der Waals surface area (Å²) in [5, 5.41) is 22.0. The normalized spacial score (nSPS) is 44.1. The monoisotopic (exact) mass is 266 g/mol. The third-order valence-electron chi connectivity index (χ3n) is 5.75. The highest BCUT2D eigenvalue weighted by molar-refractivity contribution is 5.88. The van der Waals surface area contributed by atoms with Crippen LogP contribution in [0.2, 0.25) is 0 Å². The maximum Gasteiger partial charge on any atom is 0.142 e. The molecule has 0 spiro atoms. The van der Waals surface area contributed by atoms with Gasteiger partial charge in [-0.15, -0.1) is 0 Å². The summed E-state index contributed by atoms with van der Waals surface area (Å²) in [4.78, 5) is 12.3. The van der Waals surface area contributed by atoms with Gasteiger partial charge in [-0.2, -0.15) is 0 Å². The molecule has 0 heterocycles. The minimum atomic E-state index is -1.26. The number of hydrogen-bond donors (Lipinski definition) is 2. The highest BCUT2D eigenvalue weighted by atomic mass is 16.3. The summed E-state index contributed by atoms with van der Waals surface area (Å²) in [7, 11) is 0. The molecule has 2 saturated carbocycles. The number of Topliss-reactive ketones (excluding diaryl/α,β-unsaturated/α-hetero) is 1. The van der Waals surface area contributed by atoms with E-state index in [1.165, 1.54) is 0 Å². The lowest BCUT2D eigenvalue weighted by Gasteiger charge is -2.58. The zero-order chi connectivity index (χ0) is 14.7. The largest absolute Gasteiger partial charge is 0.389 e. The Balaban J connectivity index is 2.46. The van der Waals surface area contributed by atoms with E-state index in [0.29, 0.717) is 31.3 Å². The first-order valence-electron chi connectivity index (χ1n) is 7.13. The molecule has 0 aromatic heterocycles. The Hall–Kier alpha value is -0.670. The van der Waals surface area contributed by atoms with Gasteiger partial charge in [0.25, 0.3) is 0 Å². The molecule has 0 saturated heterocycles. The van der Waals surface area contributed by atoms with Crippen LogP contribution in [0.1, 0.15) is 59.8 Å². The Kier molecular flexibility index (Phi) is 3.04. The molecule has 3 atom stereocenters. The molecule has 2 N–H and O–H groups in total. The zero-order valence-corrected chi connectivity index (χ0v) is 12.5. The van der Waals surface area contributed by atoms with Crippen molar-refractivity contribution < 1.29 is 15.0 Å². The van der Waals surface area contributed by atoms with Crippen molar-refractivity contribution in [1.82, 2.24) is 0 Å². The minimum absolute atomic E-state index is 0.110. The molecule has 3 heteroatoms. The minimum Gasteiger partial charge on any atom is -0.389 e. The molecular weight excluding hydrogens is 240 g/mol. The quantitative estimate of drug-likeness (QED) is 0.663. The van der Waals surface area contributed by atoms with E-state index in [1.807, 2.05) is 27.7 Å². The number of fused-ring (bicyclic) bond motifs is 1. The standard InChI is InChI=1S/C16H26O3/c1-11-6-7-12(17)14(5)8-9-15(18,13(2,3)4)10-16(11,14)19/h18-19H,1,6-10H2,2-5H3/t14-,15+,16+/m1/s1. The van der Waals surface area contributed by atoms with Gasteiger partial charge in [-0.05, 0) is 37.2 Å². The number of carbonyl (C=O) groups excluding carboxylic acids is 1. The van der Waals surface area contributed by atoms with Gasteiger partial charge in [0.15, 0.2) is 0 Å². The highest BCUT2D eigenvalue weighted by Crippen LogP contribution is 2.58. The van der Waals surface area contributed by atoms with E-state index in [-0.39, 0.29) is 17.6 Å². The van der Waals surface area contributed by atoms with Crippen LogP contribution in [0.15, 0.2) is 12.2 Å². The van der Waals surface area contributed by atoms with Crippen molar-refractivity contribution in [2.75, 3.05) is 0 Å². The molecule has 108 valence electrons. The Morgan fingerprint density at radius 2 is 1.74 bits per heavy atom. The number of aliphatic hydroxyl groups is 2. The summed E-state index contributed by atoms with van der Waals surface area (Å²) in [6, 6.07) is 0. The topological polar surface area (TPSA) is 57.5 Å². The van der Waals surface area contributed by atoms with Crippen molar-refractivity contribution in [1.29, 1.82) is 0 Å². The smallest absolute Gasteiger partial charge is 0.142 e. The van der Waals surface area contributed by atoms with Crippen molar-refractivity contribution in [2.45, 2.75) is 71.0 Å². The van der Waals surface area contributed by atoms with Crippen LogP contribution in [0.5, 0.6) is 0 Å². The summed E-state index contributed by atoms with van der Waals surface area (Å²) in [5.41, 5.74) is -2.62. The predicted octanol–water partition coefficient (Wildman–Crippen LogP) is 2.60. The van der Waals surface area contributed by atoms with Crippen LogP contribution in [-0.4, -0.2) is 27.2 Å². The molecule has 19 heavy (non-hydrogen) atoms. The molecule has 0 bridgehead atoms. The molecule has 2 aliphatic rings. The molecule has 2 fully saturated rings. The van der Waals surface area contributed by atoms with Crippen LogP contribution in [0.25, 0.3) is 0 Å².